The number of hydrogen-bond acceptors (Lipinski definition) is 3. The van der Waals surface area contributed by atoms with E-state index in [0.717, 1.165) is 5.57 Å². The third kappa shape index (κ3) is 3.10. The zero-order valence-corrected chi connectivity index (χ0v) is 11.9. The lowest BCUT2D eigenvalue weighted by molar-refractivity contribution is 0.605. The lowest BCUT2D eigenvalue weighted by Gasteiger charge is -2.05. The van der Waals surface area contributed by atoms with Gasteiger partial charge in [0.2, 0.25) is 0 Å². The van der Waals surface area contributed by atoms with E-state index in [1.54, 1.807) is 4.68 Å². The average molecular weight is 277 g/mol. The van der Waals surface area contributed by atoms with Crippen molar-refractivity contribution in [3.05, 3.63) is 23.5 Å². The van der Waals surface area contributed by atoms with Gasteiger partial charge in [-0.2, -0.15) is 5.10 Å². The van der Waals surface area contributed by atoms with Gasteiger partial charge in [0.05, 0.1) is 17.9 Å². The highest BCUT2D eigenvalue weighted by Crippen LogP contribution is 2.25. The van der Waals surface area contributed by atoms with Gasteiger partial charge in [-0.05, 0) is 19.8 Å². The number of nitrogens with zero attached hydrogens (tertiary/aromatic N) is 2. The molecular formula is C11H17ClN2O2S. The van der Waals surface area contributed by atoms with Gasteiger partial charge in [-0.3, -0.25) is 4.68 Å². The van der Waals surface area contributed by atoms with E-state index < -0.39 is 9.05 Å². The number of halogens is 1. The summed E-state index contributed by atoms with van der Waals surface area (Å²) in [6.45, 7) is 9.95. The highest BCUT2D eigenvalue weighted by molar-refractivity contribution is 8.13. The highest BCUT2D eigenvalue weighted by Gasteiger charge is 2.25. The first-order valence-corrected chi connectivity index (χ1v) is 7.79. The molecule has 1 rings (SSSR count). The molecule has 0 saturated heterocycles. The smallest absolute Gasteiger partial charge is 0.264 e. The van der Waals surface area contributed by atoms with Crippen LogP contribution in [0.15, 0.2) is 17.0 Å². The molecule has 1 aromatic heterocycles. The van der Waals surface area contributed by atoms with Gasteiger partial charge >= 0.3 is 0 Å². The molecule has 0 aliphatic rings. The van der Waals surface area contributed by atoms with E-state index in [4.69, 9.17) is 10.7 Å². The summed E-state index contributed by atoms with van der Waals surface area (Å²) in [6.07, 6.45) is 1.11. The summed E-state index contributed by atoms with van der Waals surface area (Å²) < 4.78 is 24.8. The van der Waals surface area contributed by atoms with Gasteiger partial charge in [-0.25, -0.2) is 8.42 Å². The van der Waals surface area contributed by atoms with Gasteiger partial charge in [0.15, 0.2) is 0 Å². The summed E-state index contributed by atoms with van der Waals surface area (Å²) in [5, 5.41) is 4.30. The van der Waals surface area contributed by atoms with Crippen LogP contribution >= 0.6 is 10.7 Å². The minimum Gasteiger partial charge on any atom is -0.264 e. The molecule has 0 N–H and O–H groups in total. The number of aryl methyl sites for hydroxylation is 1. The zero-order chi connectivity index (χ0) is 13.2. The van der Waals surface area contributed by atoms with Crippen LogP contribution in [0.4, 0.5) is 0 Å². The molecular weight excluding hydrogens is 260 g/mol. The number of allylic oxidation sites excluding steroid dienone is 1. The van der Waals surface area contributed by atoms with Crippen molar-refractivity contribution < 1.29 is 8.42 Å². The van der Waals surface area contributed by atoms with Crippen LogP contribution in [0.5, 0.6) is 0 Å². The topological polar surface area (TPSA) is 52.0 Å². The first kappa shape index (κ1) is 14.3. The Kier molecular flexibility index (Phi) is 4.38. The van der Waals surface area contributed by atoms with Crippen molar-refractivity contribution in [2.45, 2.75) is 45.1 Å². The van der Waals surface area contributed by atoms with Crippen LogP contribution < -0.4 is 0 Å². The van der Waals surface area contributed by atoms with Gasteiger partial charge < -0.3 is 0 Å². The van der Waals surface area contributed by atoms with E-state index in [9.17, 15) is 8.42 Å². The maximum atomic E-state index is 11.6. The average Bonchev–Trinajstić information content (AvgIpc) is 2.54. The summed E-state index contributed by atoms with van der Waals surface area (Å²) in [5.74, 6) is 0. The molecule has 96 valence electrons. The minimum atomic E-state index is -3.74. The molecule has 0 unspecified atom stereocenters. The number of aromatic nitrogens is 2. The molecule has 0 saturated carbocycles. The largest absolute Gasteiger partial charge is 0.264 e. The van der Waals surface area contributed by atoms with E-state index in [0.29, 0.717) is 30.8 Å². The predicted molar refractivity (Wildman–Crippen MR) is 68.8 cm³/mol. The summed E-state index contributed by atoms with van der Waals surface area (Å²) in [5.41, 5.74) is 2.10. The van der Waals surface area contributed by atoms with E-state index >= 15 is 0 Å². The van der Waals surface area contributed by atoms with Crippen LogP contribution in [-0.2, 0) is 28.4 Å². The van der Waals surface area contributed by atoms with Crippen LogP contribution in [0.1, 0.15) is 32.2 Å². The Morgan fingerprint density at radius 1 is 1.41 bits per heavy atom. The second kappa shape index (κ2) is 5.23. The lowest BCUT2D eigenvalue weighted by atomic mass is 10.2. The summed E-state index contributed by atoms with van der Waals surface area (Å²) in [4.78, 5) is 0.172. The number of rotatable bonds is 5. The van der Waals surface area contributed by atoms with E-state index in [-0.39, 0.29) is 4.90 Å². The molecule has 0 fully saturated rings. The van der Waals surface area contributed by atoms with Gasteiger partial charge in [-0.15, -0.1) is 0 Å². The molecule has 0 amide bonds. The SMILES string of the molecule is C=C(C)Cn1nc(CC)c(S(=O)(=O)Cl)c1CC. The molecule has 0 aromatic carbocycles. The molecule has 0 atom stereocenters. The Morgan fingerprint density at radius 3 is 2.35 bits per heavy atom. The monoisotopic (exact) mass is 276 g/mol. The maximum absolute atomic E-state index is 11.6. The lowest BCUT2D eigenvalue weighted by Crippen LogP contribution is -2.06. The van der Waals surface area contributed by atoms with Gasteiger partial charge in [0.25, 0.3) is 9.05 Å². The van der Waals surface area contributed by atoms with Crippen LogP contribution in [-0.4, -0.2) is 18.2 Å². The van der Waals surface area contributed by atoms with Crippen molar-refractivity contribution in [1.29, 1.82) is 0 Å². The first-order chi connectivity index (χ1) is 7.81. The second-order valence-corrected chi connectivity index (χ2v) is 6.49. The van der Waals surface area contributed by atoms with E-state index in [1.807, 2.05) is 20.8 Å². The van der Waals surface area contributed by atoms with Crippen LogP contribution in [0.2, 0.25) is 0 Å². The van der Waals surface area contributed by atoms with Crippen molar-refractivity contribution in [1.82, 2.24) is 9.78 Å². The normalized spacial score (nSPS) is 11.8. The van der Waals surface area contributed by atoms with Gasteiger partial charge in [0.1, 0.15) is 4.90 Å². The molecule has 0 radical (unpaired) electrons. The fraction of sp³-hybridized carbons (Fsp3) is 0.545. The Hall–Kier alpha value is -0.810. The van der Waals surface area contributed by atoms with Crippen molar-refractivity contribution >= 4 is 19.7 Å². The van der Waals surface area contributed by atoms with Gasteiger partial charge in [-0.1, -0.05) is 26.0 Å². The second-order valence-electron chi connectivity index (χ2n) is 3.98. The maximum Gasteiger partial charge on any atom is 0.264 e. The summed E-state index contributed by atoms with van der Waals surface area (Å²) in [7, 11) is 1.73. The molecule has 4 nitrogen and oxygen atoms in total. The molecule has 17 heavy (non-hydrogen) atoms. The third-order valence-electron chi connectivity index (χ3n) is 2.41. The Bertz CT molecular complexity index is 532. The highest BCUT2D eigenvalue weighted by atomic mass is 35.7. The van der Waals surface area contributed by atoms with E-state index in [1.165, 1.54) is 0 Å². The molecule has 6 heteroatoms. The standard InChI is InChI=1S/C11H17ClN2O2S/c1-5-9-11(17(12,15)16)10(6-2)14(13-9)7-8(3)4/h3,5-7H2,1-2,4H3. The quantitative estimate of drug-likeness (QED) is 0.613. The zero-order valence-electron chi connectivity index (χ0n) is 10.3. The van der Waals surface area contributed by atoms with Crippen molar-refractivity contribution in [3.63, 3.8) is 0 Å². The van der Waals surface area contributed by atoms with Crippen molar-refractivity contribution in [3.8, 4) is 0 Å². The molecule has 0 spiro atoms. The van der Waals surface area contributed by atoms with Crippen LogP contribution in [0, 0.1) is 0 Å². The number of hydrogen-bond donors (Lipinski definition) is 0. The third-order valence-corrected chi connectivity index (χ3v) is 3.83. The van der Waals surface area contributed by atoms with Crippen molar-refractivity contribution in [2.24, 2.45) is 0 Å². The molecule has 0 aliphatic carbocycles. The first-order valence-electron chi connectivity index (χ1n) is 5.48. The summed E-state index contributed by atoms with van der Waals surface area (Å²) >= 11 is 0. The van der Waals surface area contributed by atoms with Crippen LogP contribution in [0.3, 0.4) is 0 Å². The fourth-order valence-electron chi connectivity index (χ4n) is 1.78. The molecule has 0 aliphatic heterocycles. The van der Waals surface area contributed by atoms with Gasteiger partial charge in [0, 0.05) is 10.7 Å². The fourth-order valence-corrected chi connectivity index (χ4v) is 3.31. The Labute approximate surface area is 107 Å². The molecule has 1 heterocycles. The summed E-state index contributed by atoms with van der Waals surface area (Å²) in [6, 6.07) is 0. The molecule has 0 bridgehead atoms. The predicted octanol–water partition coefficient (Wildman–Crippen LogP) is 2.51. The van der Waals surface area contributed by atoms with Crippen molar-refractivity contribution in [2.75, 3.05) is 0 Å². The Balaban J connectivity index is 3.46. The molecule has 1 aromatic rings. The van der Waals surface area contributed by atoms with Crippen LogP contribution in [0.25, 0.3) is 0 Å². The Morgan fingerprint density at radius 2 is 2.00 bits per heavy atom. The van der Waals surface area contributed by atoms with E-state index in [2.05, 4.69) is 11.7 Å². The minimum absolute atomic E-state index is 0.172.